The Hall–Kier alpha value is -0.0400. The Balaban J connectivity index is 2.63. The molecule has 3 atom stereocenters. The summed E-state index contributed by atoms with van der Waals surface area (Å²) in [5.41, 5.74) is 0.503. The first-order chi connectivity index (χ1) is 7.51. The highest BCUT2D eigenvalue weighted by molar-refractivity contribution is 4.87. The van der Waals surface area contributed by atoms with Gasteiger partial charge in [-0.05, 0) is 44.1 Å². The van der Waals surface area contributed by atoms with E-state index in [2.05, 4.69) is 40.1 Å². The summed E-state index contributed by atoms with van der Waals surface area (Å²) in [4.78, 5) is 0. The minimum atomic E-state index is 0.503. The van der Waals surface area contributed by atoms with Crippen molar-refractivity contribution >= 4 is 0 Å². The van der Waals surface area contributed by atoms with Crippen molar-refractivity contribution in [2.45, 2.75) is 72.3 Å². The molecular weight excluding hydrogens is 194 g/mol. The summed E-state index contributed by atoms with van der Waals surface area (Å²) in [5.74, 6) is 1.93. The smallest absolute Gasteiger partial charge is 0.00409 e. The number of hydrogen-bond acceptors (Lipinski definition) is 1. The Morgan fingerprint density at radius 2 is 1.88 bits per heavy atom. The van der Waals surface area contributed by atoms with Crippen LogP contribution < -0.4 is 5.32 Å². The lowest BCUT2D eigenvalue weighted by molar-refractivity contribution is 0.0741. The highest BCUT2D eigenvalue weighted by Crippen LogP contribution is 2.45. The molecule has 0 aromatic carbocycles. The van der Waals surface area contributed by atoms with Gasteiger partial charge < -0.3 is 5.32 Å². The van der Waals surface area contributed by atoms with Crippen molar-refractivity contribution in [3.63, 3.8) is 0 Å². The summed E-state index contributed by atoms with van der Waals surface area (Å²) >= 11 is 0. The van der Waals surface area contributed by atoms with Gasteiger partial charge in [0.2, 0.25) is 0 Å². The molecule has 1 saturated carbocycles. The van der Waals surface area contributed by atoms with E-state index in [-0.39, 0.29) is 0 Å². The first-order valence-corrected chi connectivity index (χ1v) is 7.18. The monoisotopic (exact) mass is 225 g/mol. The quantitative estimate of drug-likeness (QED) is 0.738. The highest BCUT2D eigenvalue weighted by Gasteiger charge is 2.36. The maximum atomic E-state index is 3.39. The van der Waals surface area contributed by atoms with E-state index in [1.54, 1.807) is 0 Å². The van der Waals surface area contributed by atoms with Crippen molar-refractivity contribution in [1.29, 1.82) is 0 Å². The zero-order valence-corrected chi connectivity index (χ0v) is 12.0. The summed E-state index contributed by atoms with van der Waals surface area (Å²) < 4.78 is 0. The predicted octanol–water partition coefficient (Wildman–Crippen LogP) is 4.23. The van der Waals surface area contributed by atoms with E-state index in [4.69, 9.17) is 0 Å². The van der Waals surface area contributed by atoms with E-state index in [1.807, 2.05) is 0 Å². The molecule has 1 aliphatic carbocycles. The van der Waals surface area contributed by atoms with E-state index in [0.29, 0.717) is 11.5 Å². The van der Waals surface area contributed by atoms with E-state index < -0.39 is 0 Å². The van der Waals surface area contributed by atoms with Crippen LogP contribution in [0.3, 0.4) is 0 Å². The molecule has 1 fully saturated rings. The fraction of sp³-hybridized carbons (Fsp3) is 1.00. The molecule has 1 nitrogen and oxygen atoms in total. The van der Waals surface area contributed by atoms with Gasteiger partial charge in [-0.25, -0.2) is 0 Å². The van der Waals surface area contributed by atoms with Crippen LogP contribution in [-0.2, 0) is 0 Å². The molecule has 0 saturated heterocycles. The van der Waals surface area contributed by atoms with E-state index in [0.717, 1.165) is 11.8 Å². The van der Waals surface area contributed by atoms with Crippen LogP contribution in [0.15, 0.2) is 0 Å². The second kappa shape index (κ2) is 6.05. The third-order valence-corrected chi connectivity index (χ3v) is 4.76. The van der Waals surface area contributed by atoms with E-state index in [1.165, 1.54) is 38.5 Å². The standard InChI is InChI=1S/C15H31N/c1-6-13-9-7-8-10-14(13)15(3,4)11-12(2)16-5/h12-14,16H,6-11H2,1-5H3. The molecule has 16 heavy (non-hydrogen) atoms. The van der Waals surface area contributed by atoms with E-state index >= 15 is 0 Å². The minimum absolute atomic E-state index is 0.503. The second-order valence-corrected chi connectivity index (χ2v) is 6.44. The molecule has 0 spiro atoms. The van der Waals surface area contributed by atoms with Gasteiger partial charge in [-0.2, -0.15) is 0 Å². The zero-order valence-electron chi connectivity index (χ0n) is 12.0. The molecule has 3 unspecified atom stereocenters. The van der Waals surface area contributed by atoms with Gasteiger partial charge in [-0.3, -0.25) is 0 Å². The molecule has 0 radical (unpaired) electrons. The average molecular weight is 225 g/mol. The van der Waals surface area contributed by atoms with Crippen LogP contribution in [0.1, 0.15) is 66.2 Å². The Labute approximate surface area is 102 Å². The molecule has 96 valence electrons. The number of nitrogens with one attached hydrogen (secondary N) is 1. The molecule has 0 aromatic rings. The molecule has 0 heterocycles. The summed E-state index contributed by atoms with van der Waals surface area (Å²) in [6, 6.07) is 0.648. The van der Waals surface area contributed by atoms with Crippen molar-refractivity contribution in [2.75, 3.05) is 7.05 Å². The highest BCUT2D eigenvalue weighted by atomic mass is 14.9. The molecule has 0 amide bonds. The van der Waals surface area contributed by atoms with Crippen LogP contribution in [-0.4, -0.2) is 13.1 Å². The SMILES string of the molecule is CCC1CCCCC1C(C)(C)CC(C)NC. The van der Waals surface area contributed by atoms with Gasteiger partial charge in [-0.1, -0.05) is 46.5 Å². The van der Waals surface area contributed by atoms with Crippen LogP contribution in [0, 0.1) is 17.3 Å². The van der Waals surface area contributed by atoms with Gasteiger partial charge in [0.1, 0.15) is 0 Å². The maximum absolute atomic E-state index is 3.39. The molecule has 1 rings (SSSR count). The lowest BCUT2D eigenvalue weighted by Crippen LogP contribution is -2.37. The lowest BCUT2D eigenvalue weighted by atomic mass is 9.63. The molecule has 0 bridgehead atoms. The largest absolute Gasteiger partial charge is 0.317 e. The first-order valence-electron chi connectivity index (χ1n) is 7.18. The van der Waals surface area contributed by atoms with Crippen LogP contribution in [0.25, 0.3) is 0 Å². The van der Waals surface area contributed by atoms with Gasteiger partial charge in [0.15, 0.2) is 0 Å². The van der Waals surface area contributed by atoms with Crippen molar-refractivity contribution < 1.29 is 0 Å². The number of hydrogen-bond donors (Lipinski definition) is 1. The van der Waals surface area contributed by atoms with Crippen LogP contribution >= 0.6 is 0 Å². The topological polar surface area (TPSA) is 12.0 Å². The van der Waals surface area contributed by atoms with Gasteiger partial charge >= 0.3 is 0 Å². The molecular formula is C15H31N. The van der Waals surface area contributed by atoms with Gasteiger partial charge in [0.25, 0.3) is 0 Å². The zero-order chi connectivity index (χ0) is 12.2. The van der Waals surface area contributed by atoms with Crippen LogP contribution in [0.4, 0.5) is 0 Å². The normalized spacial score (nSPS) is 29.1. The Kier molecular flexibility index (Phi) is 5.30. The summed E-state index contributed by atoms with van der Waals surface area (Å²) in [6.07, 6.45) is 8.54. The molecule has 1 N–H and O–H groups in total. The van der Waals surface area contributed by atoms with E-state index in [9.17, 15) is 0 Å². The number of rotatable bonds is 5. The predicted molar refractivity (Wildman–Crippen MR) is 72.7 cm³/mol. The second-order valence-electron chi connectivity index (χ2n) is 6.44. The lowest BCUT2D eigenvalue weighted by Gasteiger charge is -2.43. The summed E-state index contributed by atoms with van der Waals surface area (Å²) in [7, 11) is 2.08. The third-order valence-electron chi connectivity index (χ3n) is 4.76. The fourth-order valence-corrected chi connectivity index (χ4v) is 3.77. The summed E-state index contributed by atoms with van der Waals surface area (Å²) in [6.45, 7) is 9.66. The molecule has 0 aliphatic heterocycles. The van der Waals surface area contributed by atoms with Crippen molar-refractivity contribution in [3.8, 4) is 0 Å². The Morgan fingerprint density at radius 1 is 1.25 bits per heavy atom. The molecule has 1 aliphatic rings. The fourth-order valence-electron chi connectivity index (χ4n) is 3.77. The summed E-state index contributed by atoms with van der Waals surface area (Å²) in [5, 5.41) is 3.39. The maximum Gasteiger partial charge on any atom is 0.00409 e. The average Bonchev–Trinajstić information content (AvgIpc) is 2.28. The van der Waals surface area contributed by atoms with Crippen molar-refractivity contribution in [1.82, 2.24) is 5.32 Å². The minimum Gasteiger partial charge on any atom is -0.317 e. The molecule has 0 aromatic heterocycles. The Bertz CT molecular complexity index is 198. The van der Waals surface area contributed by atoms with Crippen molar-refractivity contribution in [2.24, 2.45) is 17.3 Å². The van der Waals surface area contributed by atoms with Gasteiger partial charge in [0, 0.05) is 6.04 Å². The van der Waals surface area contributed by atoms with Gasteiger partial charge in [0.05, 0.1) is 0 Å². The van der Waals surface area contributed by atoms with Crippen molar-refractivity contribution in [3.05, 3.63) is 0 Å². The Morgan fingerprint density at radius 3 is 2.44 bits per heavy atom. The van der Waals surface area contributed by atoms with Gasteiger partial charge in [-0.15, -0.1) is 0 Å². The van der Waals surface area contributed by atoms with Crippen LogP contribution in [0.5, 0.6) is 0 Å². The molecule has 1 heteroatoms. The van der Waals surface area contributed by atoms with Crippen LogP contribution in [0.2, 0.25) is 0 Å². The first kappa shape index (κ1) is 14.0. The third kappa shape index (κ3) is 3.48.